The summed E-state index contributed by atoms with van der Waals surface area (Å²) in [5.41, 5.74) is 0.0512. The van der Waals surface area contributed by atoms with E-state index in [2.05, 4.69) is 5.73 Å². The second-order valence-corrected chi connectivity index (χ2v) is 3.50. The van der Waals surface area contributed by atoms with Crippen molar-refractivity contribution in [3.63, 3.8) is 0 Å². The summed E-state index contributed by atoms with van der Waals surface area (Å²) in [6, 6.07) is 0. The van der Waals surface area contributed by atoms with E-state index in [0.717, 1.165) is 0 Å². The Labute approximate surface area is 82.4 Å². The summed E-state index contributed by atoms with van der Waals surface area (Å²) in [6.07, 6.45) is -8.57. The number of hydrogen-bond acceptors (Lipinski definition) is 1. The van der Waals surface area contributed by atoms with Crippen LogP contribution < -0.4 is 5.73 Å². The highest BCUT2D eigenvalue weighted by atomic mass is 19.4. The molecule has 0 aromatic rings. The zero-order valence-corrected chi connectivity index (χ0v) is 7.19. The predicted octanol–water partition coefficient (Wildman–Crippen LogP) is 2.56. The average Bonchev–Trinajstić information content (AvgIpc) is 2.50. The van der Waals surface area contributed by atoms with Gasteiger partial charge in [0.05, 0.1) is 0 Å². The molecule has 1 unspecified atom stereocenters. The zero-order chi connectivity index (χ0) is 13.2. The lowest BCUT2D eigenvalue weighted by molar-refractivity contribution is -0.364. The maximum Gasteiger partial charge on any atom is 0.459 e. The molecule has 1 saturated carbocycles. The summed E-state index contributed by atoms with van der Waals surface area (Å²) in [5.74, 6) is -17.1. The largest absolute Gasteiger partial charge is 0.459 e. The highest BCUT2D eigenvalue weighted by molar-refractivity contribution is 5.26. The summed E-state index contributed by atoms with van der Waals surface area (Å²) < 4.78 is 109. The normalized spacial score (nSPS) is 30.4. The van der Waals surface area contributed by atoms with Crippen molar-refractivity contribution in [3.8, 4) is 0 Å². The molecule has 2 N–H and O–H groups in total. The molecule has 1 aliphatic carbocycles. The van der Waals surface area contributed by atoms with Crippen LogP contribution >= 0.6 is 0 Å². The molecule has 0 aliphatic heterocycles. The summed E-state index contributed by atoms with van der Waals surface area (Å²) >= 11 is 0. The van der Waals surface area contributed by atoms with Gasteiger partial charge in [0.1, 0.15) is 0 Å². The quantitative estimate of drug-likeness (QED) is 0.759. The monoisotopic (exact) mass is 261 g/mol. The van der Waals surface area contributed by atoms with Gasteiger partial charge in [-0.3, -0.25) is 0 Å². The fraction of sp³-hybridized carbons (Fsp3) is 1.00. The molecule has 0 saturated heterocycles. The number of nitrogens with two attached hydrogens (primary N) is 1. The van der Waals surface area contributed by atoms with E-state index in [-0.39, 0.29) is 0 Å². The predicted molar refractivity (Wildman–Crippen MR) is 32.4 cm³/mol. The first-order valence-corrected chi connectivity index (χ1v) is 3.70. The lowest BCUT2D eigenvalue weighted by Crippen LogP contribution is -2.64. The molecule has 1 nitrogen and oxygen atoms in total. The lowest BCUT2D eigenvalue weighted by Gasteiger charge is -2.32. The van der Waals surface area contributed by atoms with Crippen molar-refractivity contribution in [2.75, 3.05) is 0 Å². The molecule has 96 valence electrons. The van der Waals surface area contributed by atoms with Crippen molar-refractivity contribution in [1.29, 1.82) is 0 Å². The Morgan fingerprint density at radius 3 is 1.38 bits per heavy atom. The first kappa shape index (κ1) is 13.4. The molecule has 0 radical (unpaired) electrons. The van der Waals surface area contributed by atoms with Crippen LogP contribution in [0.1, 0.15) is 6.42 Å². The van der Waals surface area contributed by atoms with E-state index in [4.69, 9.17) is 0 Å². The Balaban J connectivity index is 3.14. The van der Waals surface area contributed by atoms with Crippen molar-refractivity contribution in [2.45, 2.75) is 35.9 Å². The second-order valence-electron chi connectivity index (χ2n) is 3.50. The Morgan fingerprint density at radius 1 is 0.875 bits per heavy atom. The van der Waals surface area contributed by atoms with Gasteiger partial charge in [-0.1, -0.05) is 0 Å². The SMILES string of the molecule is NC1(C(F)(F)C(F)(F)C(F)(F)F)CC1(F)F. The van der Waals surface area contributed by atoms with Crippen molar-refractivity contribution < 1.29 is 39.5 Å². The fourth-order valence-electron chi connectivity index (χ4n) is 1.10. The van der Waals surface area contributed by atoms with Crippen LogP contribution in [0.2, 0.25) is 0 Å². The molecule has 0 aromatic heterocycles. The molecule has 0 bridgehead atoms. The van der Waals surface area contributed by atoms with E-state index in [0.29, 0.717) is 0 Å². The van der Waals surface area contributed by atoms with Gasteiger partial charge in [-0.15, -0.1) is 0 Å². The first-order chi connectivity index (χ1) is 6.71. The van der Waals surface area contributed by atoms with Crippen LogP contribution in [0.15, 0.2) is 0 Å². The van der Waals surface area contributed by atoms with Crippen LogP contribution in [0, 0.1) is 0 Å². The molecule has 0 heterocycles. The van der Waals surface area contributed by atoms with Crippen LogP contribution in [-0.4, -0.2) is 29.5 Å². The fourth-order valence-corrected chi connectivity index (χ4v) is 1.10. The first-order valence-electron chi connectivity index (χ1n) is 3.70. The standard InChI is InChI=1S/C6H4F9N/c7-3(8)1-2(3,16)4(9,10)5(11,12)6(13,14)15/h1,16H2. The molecular weight excluding hydrogens is 257 g/mol. The Hall–Kier alpha value is -0.670. The molecule has 16 heavy (non-hydrogen) atoms. The van der Waals surface area contributed by atoms with Gasteiger partial charge in [-0.05, 0) is 0 Å². The van der Waals surface area contributed by atoms with Gasteiger partial charge in [0.15, 0.2) is 5.54 Å². The van der Waals surface area contributed by atoms with Gasteiger partial charge < -0.3 is 5.73 Å². The van der Waals surface area contributed by atoms with Gasteiger partial charge in [0.2, 0.25) is 0 Å². The van der Waals surface area contributed by atoms with Gasteiger partial charge in [-0.2, -0.15) is 30.7 Å². The van der Waals surface area contributed by atoms with Crippen LogP contribution in [0.25, 0.3) is 0 Å². The third-order valence-corrected chi connectivity index (χ3v) is 2.34. The molecule has 1 fully saturated rings. The van der Waals surface area contributed by atoms with Crippen LogP contribution in [0.3, 0.4) is 0 Å². The highest BCUT2D eigenvalue weighted by Gasteiger charge is 2.90. The summed E-state index contributed by atoms with van der Waals surface area (Å²) in [4.78, 5) is 0. The number of hydrogen-bond donors (Lipinski definition) is 1. The number of halogens is 9. The minimum atomic E-state index is -6.65. The molecular formula is C6H4F9N. The highest BCUT2D eigenvalue weighted by Crippen LogP contribution is 2.64. The number of rotatable bonds is 2. The average molecular weight is 261 g/mol. The minimum absolute atomic E-state index is 1.92. The van der Waals surface area contributed by atoms with E-state index in [1.807, 2.05) is 0 Å². The third kappa shape index (κ3) is 1.31. The smallest absolute Gasteiger partial charge is 0.315 e. The van der Waals surface area contributed by atoms with Gasteiger partial charge in [-0.25, -0.2) is 8.78 Å². The number of alkyl halides is 9. The summed E-state index contributed by atoms with van der Waals surface area (Å²) in [7, 11) is 0. The van der Waals surface area contributed by atoms with Gasteiger partial charge in [0.25, 0.3) is 5.92 Å². The van der Waals surface area contributed by atoms with Crippen molar-refractivity contribution in [1.82, 2.24) is 0 Å². The second kappa shape index (κ2) is 2.77. The van der Waals surface area contributed by atoms with Gasteiger partial charge >= 0.3 is 18.0 Å². The zero-order valence-electron chi connectivity index (χ0n) is 7.19. The van der Waals surface area contributed by atoms with Gasteiger partial charge in [0, 0.05) is 6.42 Å². The Kier molecular flexibility index (Phi) is 2.32. The maximum absolute atomic E-state index is 12.7. The van der Waals surface area contributed by atoms with E-state index < -0.39 is 35.9 Å². The summed E-state index contributed by atoms with van der Waals surface area (Å²) in [6.45, 7) is 0. The molecule has 1 aliphatic rings. The Morgan fingerprint density at radius 2 is 1.19 bits per heavy atom. The molecule has 0 spiro atoms. The van der Waals surface area contributed by atoms with Crippen molar-refractivity contribution in [2.24, 2.45) is 5.73 Å². The lowest BCUT2D eigenvalue weighted by atomic mass is 10.0. The van der Waals surface area contributed by atoms with Crippen LogP contribution in [0.4, 0.5) is 39.5 Å². The van der Waals surface area contributed by atoms with E-state index in [1.54, 1.807) is 0 Å². The molecule has 0 amide bonds. The summed E-state index contributed by atoms with van der Waals surface area (Å²) in [5, 5.41) is 0. The molecule has 1 rings (SSSR count). The van der Waals surface area contributed by atoms with Crippen LogP contribution in [0.5, 0.6) is 0 Å². The topological polar surface area (TPSA) is 26.0 Å². The van der Waals surface area contributed by atoms with E-state index in [9.17, 15) is 39.5 Å². The Bertz CT molecular complexity index is 306. The van der Waals surface area contributed by atoms with E-state index >= 15 is 0 Å². The molecule has 1 atom stereocenters. The minimum Gasteiger partial charge on any atom is -0.315 e. The maximum atomic E-state index is 12.7. The van der Waals surface area contributed by atoms with Crippen molar-refractivity contribution in [3.05, 3.63) is 0 Å². The molecule has 10 heteroatoms. The third-order valence-electron chi connectivity index (χ3n) is 2.34. The molecule has 0 aromatic carbocycles. The van der Waals surface area contributed by atoms with Crippen molar-refractivity contribution >= 4 is 0 Å². The van der Waals surface area contributed by atoms with Crippen LogP contribution in [-0.2, 0) is 0 Å². The van der Waals surface area contributed by atoms with E-state index in [1.165, 1.54) is 0 Å².